The van der Waals surface area contributed by atoms with Crippen LogP contribution in [0, 0.1) is 0 Å². The molecule has 0 bridgehead atoms. The molecule has 2 rings (SSSR count). The van der Waals surface area contributed by atoms with E-state index in [-0.39, 0.29) is 25.5 Å². The van der Waals surface area contributed by atoms with E-state index in [1.807, 2.05) is 24.3 Å². The largest absolute Gasteiger partial charge is 0.483 e. The zero-order valence-electron chi connectivity index (χ0n) is 14.2. The van der Waals surface area contributed by atoms with Gasteiger partial charge < -0.3 is 19.9 Å². The van der Waals surface area contributed by atoms with E-state index < -0.39 is 11.5 Å². The maximum absolute atomic E-state index is 12.2. The molecule has 0 aliphatic carbocycles. The van der Waals surface area contributed by atoms with E-state index in [1.165, 1.54) is 0 Å². The van der Waals surface area contributed by atoms with Gasteiger partial charge in [0.25, 0.3) is 5.91 Å². The van der Waals surface area contributed by atoms with E-state index in [1.54, 1.807) is 0 Å². The smallest absolute Gasteiger partial charge is 0.305 e. The first-order valence-corrected chi connectivity index (χ1v) is 8.28. The maximum Gasteiger partial charge on any atom is 0.305 e. The predicted octanol–water partition coefficient (Wildman–Crippen LogP) is 2.33. The zero-order valence-corrected chi connectivity index (χ0v) is 14.2. The normalized spacial score (nSPS) is 21.2. The number of carbonyl (C=O) groups excluding carboxylic acids is 1. The van der Waals surface area contributed by atoms with Gasteiger partial charge in [-0.15, -0.1) is 0 Å². The number of hydrogen-bond donors (Lipinski definition) is 2. The minimum Gasteiger partial charge on any atom is -0.483 e. The lowest BCUT2D eigenvalue weighted by atomic mass is 9.94. The standard InChI is InChI=1S/C18H25NO5/c1-3-13(2)14-6-4-5-7-15(14)24-11-16(20)19-18(10-17(21)22)8-9-23-12-18/h4-7,13H,3,8-12H2,1-2H3,(H,19,20)(H,21,22). The zero-order chi connectivity index (χ0) is 17.6. The molecule has 2 atom stereocenters. The first kappa shape index (κ1) is 18.3. The van der Waals surface area contributed by atoms with Crippen LogP contribution in [-0.2, 0) is 14.3 Å². The van der Waals surface area contributed by atoms with Crippen molar-refractivity contribution in [3.8, 4) is 5.75 Å². The van der Waals surface area contributed by atoms with Crippen molar-refractivity contribution in [3.05, 3.63) is 29.8 Å². The van der Waals surface area contributed by atoms with Crippen molar-refractivity contribution in [2.75, 3.05) is 19.8 Å². The molecule has 2 N–H and O–H groups in total. The highest BCUT2D eigenvalue weighted by molar-refractivity contribution is 5.79. The topological polar surface area (TPSA) is 84.9 Å². The summed E-state index contributed by atoms with van der Waals surface area (Å²) in [5, 5.41) is 11.8. The third kappa shape index (κ3) is 4.71. The van der Waals surface area contributed by atoms with Gasteiger partial charge in [-0.2, -0.15) is 0 Å². The molecule has 1 aliphatic heterocycles. The highest BCUT2D eigenvalue weighted by Crippen LogP contribution is 2.28. The molecule has 1 aromatic carbocycles. The lowest BCUT2D eigenvalue weighted by Crippen LogP contribution is -2.51. The highest BCUT2D eigenvalue weighted by atomic mass is 16.5. The third-order valence-electron chi connectivity index (χ3n) is 4.42. The summed E-state index contributed by atoms with van der Waals surface area (Å²) in [7, 11) is 0. The molecule has 0 radical (unpaired) electrons. The van der Waals surface area contributed by atoms with Crippen LogP contribution in [0.3, 0.4) is 0 Å². The number of benzene rings is 1. The third-order valence-corrected chi connectivity index (χ3v) is 4.42. The van der Waals surface area contributed by atoms with Crippen LogP contribution in [0.1, 0.15) is 44.6 Å². The van der Waals surface area contributed by atoms with Crippen LogP contribution in [0.5, 0.6) is 5.75 Å². The van der Waals surface area contributed by atoms with Gasteiger partial charge in [-0.05, 0) is 30.4 Å². The molecule has 1 amide bonds. The first-order valence-electron chi connectivity index (χ1n) is 8.28. The molecular weight excluding hydrogens is 310 g/mol. The quantitative estimate of drug-likeness (QED) is 0.761. The lowest BCUT2D eigenvalue weighted by molar-refractivity contribution is -0.139. The van der Waals surface area contributed by atoms with Crippen LogP contribution >= 0.6 is 0 Å². The van der Waals surface area contributed by atoms with E-state index in [0.29, 0.717) is 24.7 Å². The van der Waals surface area contributed by atoms with E-state index in [4.69, 9.17) is 14.6 Å². The molecule has 1 fully saturated rings. The van der Waals surface area contributed by atoms with Gasteiger partial charge in [0.15, 0.2) is 6.61 Å². The monoisotopic (exact) mass is 335 g/mol. The summed E-state index contributed by atoms with van der Waals surface area (Å²) in [5.74, 6) is -0.257. The van der Waals surface area contributed by atoms with Gasteiger partial charge in [0.05, 0.1) is 18.6 Å². The number of carbonyl (C=O) groups is 2. The van der Waals surface area contributed by atoms with Gasteiger partial charge in [0.2, 0.25) is 0 Å². The Kier molecular flexibility index (Phi) is 6.20. The van der Waals surface area contributed by atoms with E-state index >= 15 is 0 Å². The lowest BCUT2D eigenvalue weighted by Gasteiger charge is -2.27. The summed E-state index contributed by atoms with van der Waals surface area (Å²) >= 11 is 0. The molecule has 24 heavy (non-hydrogen) atoms. The van der Waals surface area contributed by atoms with Crippen molar-refractivity contribution in [1.29, 1.82) is 0 Å². The summed E-state index contributed by atoms with van der Waals surface area (Å²) < 4.78 is 11.0. The SMILES string of the molecule is CCC(C)c1ccccc1OCC(=O)NC1(CC(=O)O)CCOC1. The Bertz CT molecular complexity index is 581. The Morgan fingerprint density at radius 2 is 2.17 bits per heavy atom. The summed E-state index contributed by atoms with van der Waals surface area (Å²) in [6, 6.07) is 7.67. The second-order valence-electron chi connectivity index (χ2n) is 6.34. The molecular formula is C18H25NO5. The van der Waals surface area contributed by atoms with Gasteiger partial charge in [-0.25, -0.2) is 0 Å². The maximum atomic E-state index is 12.2. The number of amides is 1. The fraction of sp³-hybridized carbons (Fsp3) is 0.556. The molecule has 1 saturated heterocycles. The summed E-state index contributed by atoms with van der Waals surface area (Å²) in [5.41, 5.74) is 0.236. The molecule has 1 aromatic rings. The van der Waals surface area contributed by atoms with Gasteiger partial charge >= 0.3 is 5.97 Å². The molecule has 132 valence electrons. The van der Waals surface area contributed by atoms with Crippen LogP contribution in [0.4, 0.5) is 0 Å². The van der Waals surface area contributed by atoms with Gasteiger partial charge in [0, 0.05) is 6.61 Å². The van der Waals surface area contributed by atoms with Crippen LogP contribution < -0.4 is 10.1 Å². The minimum atomic E-state index is -0.955. The average molecular weight is 335 g/mol. The molecule has 0 spiro atoms. The number of nitrogens with one attached hydrogen (secondary N) is 1. The predicted molar refractivity (Wildman–Crippen MR) is 89.2 cm³/mol. The molecule has 1 heterocycles. The number of aliphatic carboxylic acids is 1. The van der Waals surface area contributed by atoms with Crippen molar-refractivity contribution in [3.63, 3.8) is 0 Å². The Balaban J connectivity index is 1.97. The molecule has 0 aromatic heterocycles. The van der Waals surface area contributed by atoms with Crippen molar-refractivity contribution in [1.82, 2.24) is 5.32 Å². The number of carboxylic acid groups (broad SMARTS) is 1. The fourth-order valence-electron chi connectivity index (χ4n) is 2.89. The molecule has 6 nitrogen and oxygen atoms in total. The number of hydrogen-bond acceptors (Lipinski definition) is 4. The van der Waals surface area contributed by atoms with Crippen LogP contribution in [-0.4, -0.2) is 42.3 Å². The van der Waals surface area contributed by atoms with Gasteiger partial charge in [-0.3, -0.25) is 9.59 Å². The number of para-hydroxylation sites is 1. The second kappa shape index (κ2) is 8.15. The van der Waals surface area contributed by atoms with Crippen LogP contribution in [0.2, 0.25) is 0 Å². The van der Waals surface area contributed by atoms with E-state index in [0.717, 1.165) is 12.0 Å². The molecule has 6 heteroatoms. The van der Waals surface area contributed by atoms with Crippen molar-refractivity contribution in [2.45, 2.75) is 44.6 Å². The van der Waals surface area contributed by atoms with Gasteiger partial charge in [0.1, 0.15) is 5.75 Å². The Labute approximate surface area is 142 Å². The van der Waals surface area contributed by atoms with E-state index in [2.05, 4.69) is 19.2 Å². The molecule has 2 unspecified atom stereocenters. The van der Waals surface area contributed by atoms with Crippen molar-refractivity contribution < 1.29 is 24.2 Å². The highest BCUT2D eigenvalue weighted by Gasteiger charge is 2.38. The van der Waals surface area contributed by atoms with Crippen LogP contribution in [0.25, 0.3) is 0 Å². The molecule has 1 aliphatic rings. The summed E-state index contributed by atoms with van der Waals surface area (Å²) in [6.07, 6.45) is 1.32. The Morgan fingerprint density at radius 3 is 2.79 bits per heavy atom. The summed E-state index contributed by atoms with van der Waals surface area (Å²) in [4.78, 5) is 23.3. The van der Waals surface area contributed by atoms with Crippen LogP contribution in [0.15, 0.2) is 24.3 Å². The fourth-order valence-corrected chi connectivity index (χ4v) is 2.89. The van der Waals surface area contributed by atoms with E-state index in [9.17, 15) is 9.59 Å². The van der Waals surface area contributed by atoms with Crippen molar-refractivity contribution >= 4 is 11.9 Å². The minimum absolute atomic E-state index is 0.144. The number of rotatable bonds is 8. The second-order valence-corrected chi connectivity index (χ2v) is 6.34. The summed E-state index contributed by atoms with van der Waals surface area (Å²) in [6.45, 7) is 4.73. The Hall–Kier alpha value is -2.08. The number of carboxylic acids is 1. The average Bonchev–Trinajstić information content (AvgIpc) is 2.99. The van der Waals surface area contributed by atoms with Crippen molar-refractivity contribution in [2.24, 2.45) is 0 Å². The molecule has 0 saturated carbocycles. The van der Waals surface area contributed by atoms with Gasteiger partial charge in [-0.1, -0.05) is 32.0 Å². The first-order chi connectivity index (χ1) is 11.5. The Morgan fingerprint density at radius 1 is 1.42 bits per heavy atom. The number of ether oxygens (including phenoxy) is 2.